The van der Waals surface area contributed by atoms with Crippen molar-refractivity contribution in [1.82, 2.24) is 0 Å². The van der Waals surface area contributed by atoms with E-state index in [-0.39, 0.29) is 0 Å². The number of unbranched alkanes of at least 4 members (excludes halogenated alkanes) is 3. The largest absolute Gasteiger partial charge is 0.332 e. The van der Waals surface area contributed by atoms with Crippen LogP contribution < -0.4 is 4.90 Å². The third kappa shape index (κ3) is 2.14. The van der Waals surface area contributed by atoms with Crippen molar-refractivity contribution in [3.8, 4) is 0 Å². The van der Waals surface area contributed by atoms with Crippen molar-refractivity contribution in [3.05, 3.63) is 42.0 Å². The smallest absolute Gasteiger partial charge is 0.114 e. The molecule has 1 nitrogen and oxygen atoms in total. The van der Waals surface area contributed by atoms with Gasteiger partial charge in [-0.2, -0.15) is 0 Å². The van der Waals surface area contributed by atoms with Crippen molar-refractivity contribution in [2.45, 2.75) is 32.6 Å². The van der Waals surface area contributed by atoms with Crippen LogP contribution in [0.1, 0.15) is 38.2 Å². The van der Waals surface area contributed by atoms with Crippen LogP contribution in [0, 0.1) is 0 Å². The minimum atomic E-state index is 1.00. The molecule has 0 saturated heterocycles. The number of thiocarbonyl (C=S) groups is 1. The Hall–Kier alpha value is -1.41. The van der Waals surface area contributed by atoms with Gasteiger partial charge < -0.3 is 4.90 Å². The van der Waals surface area contributed by atoms with Crippen LogP contribution >= 0.6 is 12.2 Å². The molecule has 2 heteroatoms. The summed E-state index contributed by atoms with van der Waals surface area (Å²) in [5.41, 5.74) is 2.54. The normalized spacial score (nSPS) is 13.5. The molecule has 0 N–H and O–H groups in total. The number of anilines is 1. The van der Waals surface area contributed by atoms with Gasteiger partial charge in [0.2, 0.25) is 0 Å². The number of hydrogen-bond donors (Lipinski definition) is 0. The van der Waals surface area contributed by atoms with Gasteiger partial charge in [-0.15, -0.1) is 0 Å². The lowest BCUT2D eigenvalue weighted by molar-refractivity contribution is 0.673. The van der Waals surface area contributed by atoms with E-state index < -0.39 is 0 Å². The van der Waals surface area contributed by atoms with Gasteiger partial charge in [0.05, 0.1) is 5.69 Å². The van der Waals surface area contributed by atoms with Gasteiger partial charge in [-0.1, -0.05) is 68.7 Å². The van der Waals surface area contributed by atoms with E-state index in [1.165, 1.54) is 47.7 Å². The Morgan fingerprint density at radius 2 is 1.79 bits per heavy atom. The van der Waals surface area contributed by atoms with Gasteiger partial charge in [-0.25, -0.2) is 0 Å². The number of nitrogens with zero attached hydrogens (tertiary/aromatic N) is 1. The molecule has 1 heterocycles. The topological polar surface area (TPSA) is 3.24 Å². The molecule has 98 valence electrons. The van der Waals surface area contributed by atoms with Crippen molar-refractivity contribution in [2.75, 3.05) is 11.4 Å². The van der Waals surface area contributed by atoms with Crippen LogP contribution in [0.15, 0.2) is 36.4 Å². The lowest BCUT2D eigenvalue weighted by Crippen LogP contribution is -2.26. The molecule has 0 amide bonds. The highest BCUT2D eigenvalue weighted by molar-refractivity contribution is 7.81. The highest BCUT2D eigenvalue weighted by atomic mass is 32.1. The Kier molecular flexibility index (Phi) is 3.52. The van der Waals surface area contributed by atoms with Crippen LogP contribution in [0.5, 0.6) is 0 Å². The molecule has 0 aromatic heterocycles. The number of hydrogen-bond acceptors (Lipinski definition) is 1. The summed E-state index contributed by atoms with van der Waals surface area (Å²) in [6, 6.07) is 12.9. The van der Waals surface area contributed by atoms with E-state index in [0.29, 0.717) is 0 Å². The third-order valence-electron chi connectivity index (χ3n) is 3.88. The molecule has 3 rings (SSSR count). The average Bonchev–Trinajstić information content (AvgIpc) is 2.71. The van der Waals surface area contributed by atoms with Crippen LogP contribution in [0.2, 0.25) is 0 Å². The summed E-state index contributed by atoms with van der Waals surface area (Å²) in [5.74, 6) is 0. The van der Waals surface area contributed by atoms with Gasteiger partial charge in [0.15, 0.2) is 0 Å². The predicted molar refractivity (Wildman–Crippen MR) is 87.1 cm³/mol. The summed E-state index contributed by atoms with van der Waals surface area (Å²) < 4.78 is 0. The molecule has 0 fully saturated rings. The Morgan fingerprint density at radius 3 is 2.58 bits per heavy atom. The SMILES string of the molecule is CCCCCCN1C(=S)c2cccc3cccc1c23. The van der Waals surface area contributed by atoms with Crippen LogP contribution in [0.25, 0.3) is 10.8 Å². The highest BCUT2D eigenvalue weighted by Gasteiger charge is 2.25. The van der Waals surface area contributed by atoms with E-state index in [1.807, 2.05) is 0 Å². The molecule has 2 aromatic carbocycles. The second-order valence-electron chi connectivity index (χ2n) is 5.20. The average molecular weight is 269 g/mol. The minimum Gasteiger partial charge on any atom is -0.332 e. The quantitative estimate of drug-likeness (QED) is 0.560. The summed E-state index contributed by atoms with van der Waals surface area (Å²) in [7, 11) is 0. The summed E-state index contributed by atoms with van der Waals surface area (Å²) in [6.45, 7) is 3.30. The molecule has 0 spiro atoms. The zero-order valence-electron chi connectivity index (χ0n) is 11.4. The summed E-state index contributed by atoms with van der Waals surface area (Å²) in [6.07, 6.45) is 5.11. The molecule has 0 saturated carbocycles. The standard InChI is InChI=1S/C17H19NS/c1-2-3-4-5-12-18-15-11-7-9-13-8-6-10-14(16(13)15)17(18)19/h6-11H,2-5,12H2,1H3. The lowest BCUT2D eigenvalue weighted by Gasteiger charge is -2.19. The second kappa shape index (κ2) is 5.30. The Balaban J connectivity index is 1.90. The van der Waals surface area contributed by atoms with E-state index >= 15 is 0 Å². The van der Waals surface area contributed by atoms with Crippen LogP contribution in [0.4, 0.5) is 5.69 Å². The van der Waals surface area contributed by atoms with Gasteiger partial charge in [-0.05, 0) is 17.9 Å². The van der Waals surface area contributed by atoms with E-state index in [4.69, 9.17) is 12.2 Å². The Labute approximate surface area is 120 Å². The highest BCUT2D eigenvalue weighted by Crippen LogP contribution is 2.37. The van der Waals surface area contributed by atoms with Gasteiger partial charge >= 0.3 is 0 Å². The molecule has 1 aliphatic heterocycles. The fourth-order valence-corrected chi connectivity index (χ4v) is 3.26. The van der Waals surface area contributed by atoms with E-state index in [0.717, 1.165) is 11.5 Å². The molecule has 0 atom stereocenters. The molecular formula is C17H19NS. The van der Waals surface area contributed by atoms with Crippen molar-refractivity contribution < 1.29 is 0 Å². The fourth-order valence-electron chi connectivity index (χ4n) is 2.90. The monoisotopic (exact) mass is 269 g/mol. The first-order valence-electron chi connectivity index (χ1n) is 7.16. The maximum Gasteiger partial charge on any atom is 0.114 e. The van der Waals surface area contributed by atoms with Crippen LogP contribution in [-0.2, 0) is 0 Å². The molecule has 0 radical (unpaired) electrons. The molecule has 0 unspecified atom stereocenters. The first-order chi connectivity index (χ1) is 9.33. The van der Waals surface area contributed by atoms with Crippen molar-refractivity contribution in [3.63, 3.8) is 0 Å². The summed E-state index contributed by atoms with van der Waals surface area (Å²) >= 11 is 5.66. The zero-order chi connectivity index (χ0) is 13.2. The maximum atomic E-state index is 5.66. The summed E-state index contributed by atoms with van der Waals surface area (Å²) in [5, 5.41) is 2.64. The number of benzene rings is 2. The molecule has 1 aliphatic rings. The first kappa shape index (κ1) is 12.6. The van der Waals surface area contributed by atoms with Gasteiger partial charge in [-0.3, -0.25) is 0 Å². The van der Waals surface area contributed by atoms with E-state index in [9.17, 15) is 0 Å². The van der Waals surface area contributed by atoms with Crippen molar-refractivity contribution in [2.24, 2.45) is 0 Å². The fraction of sp³-hybridized carbons (Fsp3) is 0.353. The molecule has 0 aliphatic carbocycles. The van der Waals surface area contributed by atoms with Crippen LogP contribution in [0.3, 0.4) is 0 Å². The lowest BCUT2D eigenvalue weighted by atomic mass is 10.1. The Morgan fingerprint density at radius 1 is 1.00 bits per heavy atom. The van der Waals surface area contributed by atoms with Crippen LogP contribution in [-0.4, -0.2) is 11.5 Å². The minimum absolute atomic E-state index is 1.00. The molecular weight excluding hydrogens is 250 g/mol. The van der Waals surface area contributed by atoms with Gasteiger partial charge in [0.25, 0.3) is 0 Å². The summed E-state index contributed by atoms with van der Waals surface area (Å²) in [4.78, 5) is 3.33. The van der Waals surface area contributed by atoms with Crippen molar-refractivity contribution in [1.29, 1.82) is 0 Å². The Bertz CT molecular complexity index is 612. The molecule has 19 heavy (non-hydrogen) atoms. The zero-order valence-corrected chi connectivity index (χ0v) is 12.2. The van der Waals surface area contributed by atoms with E-state index in [1.54, 1.807) is 0 Å². The molecule has 2 aromatic rings. The van der Waals surface area contributed by atoms with Crippen molar-refractivity contribution >= 4 is 33.7 Å². The van der Waals surface area contributed by atoms with E-state index in [2.05, 4.69) is 48.2 Å². The van der Waals surface area contributed by atoms with Gasteiger partial charge in [0, 0.05) is 17.5 Å². The third-order valence-corrected chi connectivity index (χ3v) is 4.32. The predicted octanol–water partition coefficient (Wildman–Crippen LogP) is 4.92. The first-order valence-corrected chi connectivity index (χ1v) is 7.57. The molecule has 0 bridgehead atoms. The maximum absolute atomic E-state index is 5.66. The second-order valence-corrected chi connectivity index (χ2v) is 5.58. The van der Waals surface area contributed by atoms with Gasteiger partial charge in [0.1, 0.15) is 4.99 Å². The number of rotatable bonds is 5.